The number of aliphatic carboxylic acids is 3. The zero-order chi connectivity index (χ0) is 25.7. The average molecular weight is 524 g/mol. The van der Waals surface area contributed by atoms with Crippen molar-refractivity contribution in [3.63, 3.8) is 0 Å². The molecule has 2 aromatic carbocycles. The number of thiophene rings is 2. The van der Waals surface area contributed by atoms with Gasteiger partial charge in [-0.25, -0.2) is 4.79 Å². The lowest BCUT2D eigenvalue weighted by molar-refractivity contribution is -0.140. The molecule has 8 nitrogen and oxygen atoms in total. The first kappa shape index (κ1) is 25.0. The Morgan fingerprint density at radius 1 is 0.667 bits per heavy atom. The molecule has 4 aromatic rings. The molecule has 0 amide bonds. The zero-order valence-corrected chi connectivity index (χ0v) is 20.4. The fraction of sp³-hybridized carbons (Fsp3) is 0.115. The number of benzene rings is 2. The van der Waals surface area contributed by atoms with Gasteiger partial charge in [-0.2, -0.15) is 0 Å². The molecule has 0 aliphatic rings. The summed E-state index contributed by atoms with van der Waals surface area (Å²) in [5.74, 6) is -3.56. The average Bonchev–Trinajstić information content (AvgIpc) is 3.52. The second-order valence-corrected chi connectivity index (χ2v) is 9.87. The van der Waals surface area contributed by atoms with E-state index in [9.17, 15) is 24.6 Å². The van der Waals surface area contributed by atoms with Crippen molar-refractivity contribution < 1.29 is 34.4 Å². The first-order valence-electron chi connectivity index (χ1n) is 10.7. The molecule has 2 aromatic heterocycles. The molecule has 0 aliphatic heterocycles. The maximum atomic E-state index is 11.3. The number of rotatable bonds is 11. The summed E-state index contributed by atoms with van der Waals surface area (Å²) in [6, 6.07) is 23.1. The standard InChI is InChI=1S/C26H21NO7S2/c28-24(29)13-27(14-25(30)31)18-7-6-17(12-19(18)34-15-26(32)33)21-9-11-23(36-21)22-10-8-20(35-22)16-4-2-1-3-5-16/h1-12H,13-15H2,(H,28,29)(H,30,31)(H,32,33). The van der Waals surface area contributed by atoms with Gasteiger partial charge in [-0.05, 0) is 47.5 Å². The van der Waals surface area contributed by atoms with Crippen LogP contribution in [0.3, 0.4) is 0 Å². The van der Waals surface area contributed by atoms with Gasteiger partial charge >= 0.3 is 17.9 Å². The summed E-state index contributed by atoms with van der Waals surface area (Å²) in [5, 5.41) is 27.5. The van der Waals surface area contributed by atoms with Gasteiger partial charge < -0.3 is 25.0 Å². The summed E-state index contributed by atoms with van der Waals surface area (Å²) in [7, 11) is 0. The van der Waals surface area contributed by atoms with Crippen LogP contribution in [0.4, 0.5) is 5.69 Å². The van der Waals surface area contributed by atoms with Crippen molar-refractivity contribution in [1.82, 2.24) is 0 Å². The summed E-state index contributed by atoms with van der Waals surface area (Å²) in [6.07, 6.45) is 0. The van der Waals surface area contributed by atoms with E-state index in [2.05, 4.69) is 24.3 Å². The van der Waals surface area contributed by atoms with Gasteiger partial charge in [0.05, 0.1) is 5.69 Å². The van der Waals surface area contributed by atoms with E-state index < -0.39 is 37.6 Å². The van der Waals surface area contributed by atoms with E-state index in [0.29, 0.717) is 0 Å². The number of carboxylic acid groups (broad SMARTS) is 3. The number of hydrogen-bond donors (Lipinski definition) is 3. The Labute approximate surface area is 214 Å². The largest absolute Gasteiger partial charge is 0.480 e. The third-order valence-corrected chi connectivity index (χ3v) is 7.57. The molecule has 0 radical (unpaired) electrons. The molecule has 3 N–H and O–H groups in total. The molecule has 4 rings (SSSR count). The van der Waals surface area contributed by atoms with Crippen LogP contribution in [0.5, 0.6) is 5.75 Å². The number of hydrogen-bond acceptors (Lipinski definition) is 7. The first-order chi connectivity index (χ1) is 17.3. The molecule has 0 spiro atoms. The summed E-state index contributed by atoms with van der Waals surface area (Å²) < 4.78 is 5.43. The molecule has 0 unspecified atom stereocenters. The highest BCUT2D eigenvalue weighted by molar-refractivity contribution is 7.25. The van der Waals surface area contributed by atoms with Crippen molar-refractivity contribution in [2.24, 2.45) is 0 Å². The highest BCUT2D eigenvalue weighted by atomic mass is 32.1. The lowest BCUT2D eigenvalue weighted by Gasteiger charge is -2.23. The smallest absolute Gasteiger partial charge is 0.341 e. The van der Waals surface area contributed by atoms with E-state index in [0.717, 1.165) is 35.5 Å². The second-order valence-electron chi connectivity index (χ2n) is 7.70. The van der Waals surface area contributed by atoms with Crippen LogP contribution in [-0.2, 0) is 14.4 Å². The van der Waals surface area contributed by atoms with Crippen molar-refractivity contribution >= 4 is 46.3 Å². The van der Waals surface area contributed by atoms with E-state index >= 15 is 0 Å². The minimum Gasteiger partial charge on any atom is -0.480 e. The molecular formula is C26H21NO7S2. The lowest BCUT2D eigenvalue weighted by atomic mass is 10.1. The zero-order valence-electron chi connectivity index (χ0n) is 18.8. The summed E-state index contributed by atoms with van der Waals surface area (Å²) >= 11 is 3.24. The third-order valence-electron chi connectivity index (χ3n) is 5.10. The summed E-state index contributed by atoms with van der Waals surface area (Å²) in [6.45, 7) is -1.82. The monoisotopic (exact) mass is 523 g/mol. The van der Waals surface area contributed by atoms with Crippen LogP contribution in [0, 0.1) is 0 Å². The minimum atomic E-state index is -1.22. The Balaban J connectivity index is 1.65. The van der Waals surface area contributed by atoms with Crippen LogP contribution >= 0.6 is 22.7 Å². The molecule has 0 saturated carbocycles. The Hall–Kier alpha value is -4.15. The Bertz CT molecular complexity index is 1380. The molecule has 36 heavy (non-hydrogen) atoms. The van der Waals surface area contributed by atoms with Crippen LogP contribution in [0.2, 0.25) is 0 Å². The molecule has 0 saturated heterocycles. The van der Waals surface area contributed by atoms with E-state index in [-0.39, 0.29) is 11.4 Å². The van der Waals surface area contributed by atoms with Gasteiger partial charge in [0.25, 0.3) is 0 Å². The maximum Gasteiger partial charge on any atom is 0.341 e. The molecule has 0 aliphatic carbocycles. The van der Waals surface area contributed by atoms with Gasteiger partial charge in [0, 0.05) is 19.5 Å². The molecule has 0 fully saturated rings. The van der Waals surface area contributed by atoms with Crippen LogP contribution in [0.15, 0.2) is 72.8 Å². The highest BCUT2D eigenvalue weighted by Gasteiger charge is 2.20. The molecule has 0 bridgehead atoms. The fourth-order valence-corrected chi connectivity index (χ4v) is 5.69. The van der Waals surface area contributed by atoms with E-state index in [1.807, 2.05) is 30.3 Å². The predicted molar refractivity (Wildman–Crippen MR) is 139 cm³/mol. The van der Waals surface area contributed by atoms with Gasteiger partial charge in [-0.1, -0.05) is 36.4 Å². The van der Waals surface area contributed by atoms with Crippen LogP contribution in [0.1, 0.15) is 0 Å². The molecule has 0 atom stereocenters. The van der Waals surface area contributed by atoms with Gasteiger partial charge in [-0.3, -0.25) is 9.59 Å². The van der Waals surface area contributed by atoms with E-state index in [4.69, 9.17) is 9.84 Å². The normalized spacial score (nSPS) is 10.7. The number of nitrogens with zero attached hydrogens (tertiary/aromatic N) is 1. The van der Waals surface area contributed by atoms with Crippen LogP contribution in [-0.4, -0.2) is 52.9 Å². The number of ether oxygens (including phenoxy) is 1. The quantitative estimate of drug-likeness (QED) is 0.244. The first-order valence-corrected chi connectivity index (χ1v) is 12.4. The molecule has 10 heteroatoms. The van der Waals surface area contributed by atoms with Crippen molar-refractivity contribution in [2.75, 3.05) is 24.6 Å². The highest BCUT2D eigenvalue weighted by Crippen LogP contribution is 2.42. The number of carboxylic acids is 3. The van der Waals surface area contributed by atoms with Crippen molar-refractivity contribution in [3.8, 4) is 36.4 Å². The van der Waals surface area contributed by atoms with Gasteiger partial charge in [0.1, 0.15) is 18.8 Å². The second kappa shape index (κ2) is 11.1. The van der Waals surface area contributed by atoms with Crippen molar-refractivity contribution in [3.05, 3.63) is 72.8 Å². The van der Waals surface area contributed by atoms with E-state index in [1.165, 1.54) is 0 Å². The maximum absolute atomic E-state index is 11.3. The van der Waals surface area contributed by atoms with Crippen molar-refractivity contribution in [1.29, 1.82) is 0 Å². The number of carbonyl (C=O) groups is 3. The SMILES string of the molecule is O=C(O)COc1cc(-c2ccc(-c3ccc(-c4ccccc4)s3)s2)ccc1N(CC(=O)O)CC(=O)O. The molecular weight excluding hydrogens is 502 g/mol. The van der Waals surface area contributed by atoms with Gasteiger partial charge in [0.15, 0.2) is 6.61 Å². The minimum absolute atomic E-state index is 0.0924. The third kappa shape index (κ3) is 6.09. The van der Waals surface area contributed by atoms with Gasteiger partial charge in [-0.15, -0.1) is 22.7 Å². The Morgan fingerprint density at radius 3 is 1.78 bits per heavy atom. The topological polar surface area (TPSA) is 124 Å². The van der Waals surface area contributed by atoms with E-state index in [1.54, 1.807) is 40.9 Å². The Kier molecular flexibility index (Phi) is 7.67. The molecule has 184 valence electrons. The van der Waals surface area contributed by atoms with Crippen LogP contribution in [0.25, 0.3) is 30.6 Å². The molecule has 2 heterocycles. The summed E-state index contributed by atoms with van der Waals surface area (Å²) in [4.78, 5) is 39.0. The summed E-state index contributed by atoms with van der Waals surface area (Å²) in [5.41, 5.74) is 2.07. The predicted octanol–water partition coefficient (Wildman–Crippen LogP) is 5.25. The lowest BCUT2D eigenvalue weighted by Crippen LogP contribution is -2.34. The van der Waals surface area contributed by atoms with Crippen molar-refractivity contribution in [2.45, 2.75) is 0 Å². The Morgan fingerprint density at radius 2 is 1.22 bits per heavy atom. The van der Waals surface area contributed by atoms with Crippen LogP contribution < -0.4 is 9.64 Å². The fourth-order valence-electron chi connectivity index (χ4n) is 3.59. The van der Waals surface area contributed by atoms with Gasteiger partial charge in [0.2, 0.25) is 0 Å². The number of anilines is 1.